The predicted octanol–water partition coefficient (Wildman–Crippen LogP) is 2.02. The van der Waals surface area contributed by atoms with Crippen molar-refractivity contribution < 1.29 is 19.0 Å². The number of ether oxygens (including phenoxy) is 3. The topological polar surface area (TPSA) is 44.8 Å². The van der Waals surface area contributed by atoms with Crippen molar-refractivity contribution in [3.05, 3.63) is 23.8 Å². The lowest BCUT2D eigenvalue weighted by Crippen LogP contribution is -2.16. The van der Waals surface area contributed by atoms with Crippen molar-refractivity contribution in [2.75, 3.05) is 19.8 Å². The Morgan fingerprint density at radius 1 is 1.31 bits per heavy atom. The van der Waals surface area contributed by atoms with Gasteiger partial charge in [-0.1, -0.05) is 6.92 Å². The third-order valence-corrected chi connectivity index (χ3v) is 2.22. The molecule has 0 amide bonds. The number of benzene rings is 1. The first-order chi connectivity index (χ1) is 7.81. The minimum Gasteiger partial charge on any atom is -0.486 e. The van der Waals surface area contributed by atoms with Crippen molar-refractivity contribution in [3.8, 4) is 11.5 Å². The fourth-order valence-electron chi connectivity index (χ4n) is 1.45. The second kappa shape index (κ2) is 4.88. The number of hydrogen-bond acceptors (Lipinski definition) is 4. The lowest BCUT2D eigenvalue weighted by molar-refractivity contribution is 0.0504. The molecule has 0 bridgehead atoms. The molecule has 0 saturated heterocycles. The first kappa shape index (κ1) is 10.8. The molecule has 0 unspecified atom stereocenters. The molecule has 0 aromatic heterocycles. The molecule has 0 radical (unpaired) electrons. The number of esters is 1. The summed E-state index contributed by atoms with van der Waals surface area (Å²) in [4.78, 5) is 11.6. The zero-order valence-corrected chi connectivity index (χ0v) is 9.19. The molecule has 1 aliphatic heterocycles. The smallest absolute Gasteiger partial charge is 0.338 e. The summed E-state index contributed by atoms with van der Waals surface area (Å²) >= 11 is 0. The van der Waals surface area contributed by atoms with Crippen LogP contribution in [-0.4, -0.2) is 25.8 Å². The maximum Gasteiger partial charge on any atom is 0.338 e. The normalized spacial score (nSPS) is 13.3. The van der Waals surface area contributed by atoms with Crippen LogP contribution in [0.2, 0.25) is 0 Å². The number of rotatable bonds is 3. The van der Waals surface area contributed by atoms with Gasteiger partial charge in [-0.05, 0) is 24.6 Å². The van der Waals surface area contributed by atoms with Crippen LogP contribution >= 0.6 is 0 Å². The largest absolute Gasteiger partial charge is 0.486 e. The molecule has 0 spiro atoms. The van der Waals surface area contributed by atoms with Crippen molar-refractivity contribution >= 4 is 5.97 Å². The molecule has 4 heteroatoms. The van der Waals surface area contributed by atoms with Gasteiger partial charge in [0.25, 0.3) is 0 Å². The molecule has 0 aliphatic carbocycles. The summed E-state index contributed by atoms with van der Waals surface area (Å²) in [5, 5.41) is 0. The van der Waals surface area contributed by atoms with Crippen LogP contribution in [0.3, 0.4) is 0 Å². The van der Waals surface area contributed by atoms with Crippen LogP contribution in [0.4, 0.5) is 0 Å². The third-order valence-electron chi connectivity index (χ3n) is 2.22. The minimum atomic E-state index is -0.321. The summed E-state index contributed by atoms with van der Waals surface area (Å²) in [6, 6.07) is 5.08. The zero-order valence-electron chi connectivity index (χ0n) is 9.19. The summed E-state index contributed by atoms with van der Waals surface area (Å²) < 4.78 is 15.8. The van der Waals surface area contributed by atoms with E-state index in [1.54, 1.807) is 18.2 Å². The zero-order chi connectivity index (χ0) is 11.4. The van der Waals surface area contributed by atoms with Gasteiger partial charge in [-0.2, -0.15) is 0 Å². The Morgan fingerprint density at radius 3 is 2.81 bits per heavy atom. The molecule has 0 atom stereocenters. The van der Waals surface area contributed by atoms with Gasteiger partial charge in [0, 0.05) is 0 Å². The van der Waals surface area contributed by atoms with Gasteiger partial charge < -0.3 is 14.2 Å². The summed E-state index contributed by atoms with van der Waals surface area (Å²) in [7, 11) is 0. The quantitative estimate of drug-likeness (QED) is 0.734. The van der Waals surface area contributed by atoms with Gasteiger partial charge >= 0.3 is 5.97 Å². The molecule has 86 valence electrons. The van der Waals surface area contributed by atoms with E-state index in [0.29, 0.717) is 36.9 Å². The first-order valence-corrected chi connectivity index (χ1v) is 5.38. The number of carbonyl (C=O) groups excluding carboxylic acids is 1. The lowest BCUT2D eigenvalue weighted by atomic mass is 10.2. The predicted molar refractivity (Wildman–Crippen MR) is 58.0 cm³/mol. The second-order valence-corrected chi connectivity index (χ2v) is 3.49. The van der Waals surface area contributed by atoms with Crippen molar-refractivity contribution in [3.63, 3.8) is 0 Å². The van der Waals surface area contributed by atoms with E-state index in [-0.39, 0.29) is 5.97 Å². The Balaban J connectivity index is 2.13. The molecule has 1 aliphatic rings. The summed E-state index contributed by atoms with van der Waals surface area (Å²) in [6.07, 6.45) is 0.816. The monoisotopic (exact) mass is 222 g/mol. The van der Waals surface area contributed by atoms with E-state index in [4.69, 9.17) is 14.2 Å². The van der Waals surface area contributed by atoms with Crippen LogP contribution in [-0.2, 0) is 4.74 Å². The molecule has 1 aromatic carbocycles. The highest BCUT2D eigenvalue weighted by atomic mass is 16.6. The molecule has 0 N–H and O–H groups in total. The van der Waals surface area contributed by atoms with E-state index < -0.39 is 0 Å². The van der Waals surface area contributed by atoms with E-state index in [2.05, 4.69) is 0 Å². The first-order valence-electron chi connectivity index (χ1n) is 5.38. The van der Waals surface area contributed by atoms with Gasteiger partial charge in [0.2, 0.25) is 0 Å². The van der Waals surface area contributed by atoms with Crippen LogP contribution in [0, 0.1) is 0 Å². The highest BCUT2D eigenvalue weighted by Gasteiger charge is 2.15. The molecule has 1 aromatic rings. The average molecular weight is 222 g/mol. The average Bonchev–Trinajstić information content (AvgIpc) is 2.35. The Hall–Kier alpha value is -1.71. The second-order valence-electron chi connectivity index (χ2n) is 3.49. The number of fused-ring (bicyclic) bond motifs is 1. The highest BCUT2D eigenvalue weighted by Crippen LogP contribution is 2.30. The summed E-state index contributed by atoms with van der Waals surface area (Å²) in [6.45, 7) is 3.46. The van der Waals surface area contributed by atoms with Crippen LogP contribution in [0.1, 0.15) is 23.7 Å². The molecular weight excluding hydrogens is 208 g/mol. The Morgan fingerprint density at radius 2 is 2.06 bits per heavy atom. The fraction of sp³-hybridized carbons (Fsp3) is 0.417. The maximum atomic E-state index is 11.6. The molecule has 16 heavy (non-hydrogen) atoms. The summed E-state index contributed by atoms with van der Waals surface area (Å²) in [5.41, 5.74) is 0.498. The number of hydrogen-bond donors (Lipinski definition) is 0. The van der Waals surface area contributed by atoms with Gasteiger partial charge in [0.15, 0.2) is 11.5 Å². The molecular formula is C12H14O4. The SMILES string of the molecule is CCCOC(=O)c1ccc2c(c1)OCCO2. The van der Waals surface area contributed by atoms with E-state index in [0.717, 1.165) is 6.42 Å². The van der Waals surface area contributed by atoms with Gasteiger partial charge in [0.1, 0.15) is 13.2 Å². The Kier molecular flexibility index (Phi) is 3.29. The molecule has 4 nitrogen and oxygen atoms in total. The van der Waals surface area contributed by atoms with Crippen molar-refractivity contribution in [2.45, 2.75) is 13.3 Å². The Labute approximate surface area is 94.1 Å². The molecule has 1 heterocycles. The summed E-state index contributed by atoms with van der Waals surface area (Å²) in [5.74, 6) is 0.967. The lowest BCUT2D eigenvalue weighted by Gasteiger charge is -2.18. The van der Waals surface area contributed by atoms with Gasteiger partial charge in [-0.3, -0.25) is 0 Å². The van der Waals surface area contributed by atoms with Gasteiger partial charge in [-0.15, -0.1) is 0 Å². The fourth-order valence-corrected chi connectivity index (χ4v) is 1.45. The molecule has 2 rings (SSSR count). The highest BCUT2D eigenvalue weighted by molar-refractivity contribution is 5.90. The van der Waals surface area contributed by atoms with Crippen LogP contribution < -0.4 is 9.47 Å². The molecule has 0 saturated carbocycles. The van der Waals surface area contributed by atoms with E-state index in [9.17, 15) is 4.79 Å². The van der Waals surface area contributed by atoms with Gasteiger partial charge in [0.05, 0.1) is 12.2 Å². The van der Waals surface area contributed by atoms with Crippen molar-refractivity contribution in [1.29, 1.82) is 0 Å². The Bertz CT molecular complexity index is 387. The molecule has 0 fully saturated rings. The van der Waals surface area contributed by atoms with E-state index in [1.807, 2.05) is 6.92 Å². The number of carbonyl (C=O) groups is 1. The van der Waals surface area contributed by atoms with Crippen molar-refractivity contribution in [2.24, 2.45) is 0 Å². The van der Waals surface area contributed by atoms with E-state index in [1.165, 1.54) is 0 Å². The van der Waals surface area contributed by atoms with E-state index >= 15 is 0 Å². The standard InChI is InChI=1S/C12H14O4/c1-2-5-16-12(13)9-3-4-10-11(8-9)15-7-6-14-10/h3-4,8H,2,5-7H2,1H3. The third kappa shape index (κ3) is 2.27. The minimum absolute atomic E-state index is 0.321. The maximum absolute atomic E-state index is 11.6. The van der Waals surface area contributed by atoms with Crippen LogP contribution in [0.15, 0.2) is 18.2 Å². The van der Waals surface area contributed by atoms with Crippen molar-refractivity contribution in [1.82, 2.24) is 0 Å². The van der Waals surface area contributed by atoms with Crippen LogP contribution in [0.25, 0.3) is 0 Å². The van der Waals surface area contributed by atoms with Gasteiger partial charge in [-0.25, -0.2) is 4.79 Å². The van der Waals surface area contributed by atoms with Crippen LogP contribution in [0.5, 0.6) is 11.5 Å².